The summed E-state index contributed by atoms with van der Waals surface area (Å²) in [5.41, 5.74) is 1.25. The van der Waals surface area contributed by atoms with E-state index < -0.39 is 0 Å². The van der Waals surface area contributed by atoms with E-state index in [9.17, 15) is 0 Å². The Labute approximate surface area is 74.2 Å². The minimum Gasteiger partial charge on any atom is -0.375 e. The third-order valence-electron chi connectivity index (χ3n) is 1.95. The van der Waals surface area contributed by atoms with Gasteiger partial charge in [0.05, 0.1) is 0 Å². The molecule has 0 spiro atoms. The van der Waals surface area contributed by atoms with Gasteiger partial charge in [0.1, 0.15) is 0 Å². The molecule has 12 heavy (non-hydrogen) atoms. The quantitative estimate of drug-likeness (QED) is 0.679. The van der Waals surface area contributed by atoms with Gasteiger partial charge in [-0.25, -0.2) is 0 Å². The maximum Gasteiger partial charge on any atom is 0.0394 e. The number of nitrogens with zero attached hydrogens (tertiary/aromatic N) is 2. The predicted molar refractivity (Wildman–Crippen MR) is 52.4 cm³/mol. The summed E-state index contributed by atoms with van der Waals surface area (Å²) in [5, 5.41) is 0. The smallest absolute Gasteiger partial charge is 0.0394 e. The van der Waals surface area contributed by atoms with Gasteiger partial charge in [-0.05, 0) is 18.6 Å². The Kier molecular flexibility index (Phi) is 3.58. The third kappa shape index (κ3) is 2.53. The zero-order valence-electron chi connectivity index (χ0n) is 7.83. The average Bonchev–Trinajstić information content (AvgIpc) is 2.15. The van der Waals surface area contributed by atoms with Crippen LogP contribution in [0.5, 0.6) is 0 Å². The lowest BCUT2D eigenvalue weighted by molar-refractivity contribution is 0.766. The van der Waals surface area contributed by atoms with Crippen LogP contribution in [-0.2, 0) is 0 Å². The predicted octanol–water partition coefficient (Wildman–Crippen LogP) is 2.32. The van der Waals surface area contributed by atoms with E-state index in [1.807, 2.05) is 24.5 Å². The molecule has 0 amide bonds. The molecule has 0 saturated carbocycles. The van der Waals surface area contributed by atoms with Crippen LogP contribution in [0.3, 0.4) is 0 Å². The first-order valence-corrected chi connectivity index (χ1v) is 4.45. The van der Waals surface area contributed by atoms with Crippen molar-refractivity contribution in [2.24, 2.45) is 0 Å². The van der Waals surface area contributed by atoms with Gasteiger partial charge in [0.15, 0.2) is 0 Å². The minimum absolute atomic E-state index is 1.13. The molecule has 1 rings (SSSR count). The Morgan fingerprint density at radius 2 is 2.00 bits per heavy atom. The zero-order chi connectivity index (χ0) is 8.81. The van der Waals surface area contributed by atoms with Crippen molar-refractivity contribution in [2.45, 2.75) is 19.8 Å². The van der Waals surface area contributed by atoms with Gasteiger partial charge in [0, 0.05) is 31.7 Å². The summed E-state index contributed by atoms with van der Waals surface area (Å²) < 4.78 is 0. The van der Waals surface area contributed by atoms with Gasteiger partial charge < -0.3 is 4.90 Å². The second kappa shape index (κ2) is 4.75. The van der Waals surface area contributed by atoms with Gasteiger partial charge in [0.25, 0.3) is 0 Å². The molecule has 2 heteroatoms. The fraction of sp³-hybridized carbons (Fsp3) is 0.500. The van der Waals surface area contributed by atoms with Gasteiger partial charge in [-0.3, -0.25) is 4.98 Å². The lowest BCUT2D eigenvalue weighted by Gasteiger charge is -2.18. The highest BCUT2D eigenvalue weighted by Crippen LogP contribution is 2.09. The van der Waals surface area contributed by atoms with Gasteiger partial charge >= 0.3 is 0 Å². The van der Waals surface area contributed by atoms with Gasteiger partial charge in [-0.1, -0.05) is 13.3 Å². The molecule has 0 N–H and O–H groups in total. The van der Waals surface area contributed by atoms with Crippen molar-refractivity contribution in [2.75, 3.05) is 18.5 Å². The lowest BCUT2D eigenvalue weighted by atomic mass is 10.3. The minimum atomic E-state index is 1.13. The second-order valence-electron chi connectivity index (χ2n) is 2.98. The maximum absolute atomic E-state index is 3.98. The Bertz CT molecular complexity index is 208. The Morgan fingerprint density at radius 3 is 2.58 bits per heavy atom. The first-order valence-electron chi connectivity index (χ1n) is 4.45. The molecule has 66 valence electrons. The highest BCUT2D eigenvalue weighted by Gasteiger charge is 1.97. The van der Waals surface area contributed by atoms with E-state index in [0.717, 1.165) is 6.54 Å². The van der Waals surface area contributed by atoms with E-state index in [0.29, 0.717) is 0 Å². The summed E-state index contributed by atoms with van der Waals surface area (Å²) in [4.78, 5) is 6.24. The molecule has 0 atom stereocenters. The summed E-state index contributed by atoms with van der Waals surface area (Å²) in [6.07, 6.45) is 6.16. The molecule has 1 aromatic rings. The van der Waals surface area contributed by atoms with Crippen LogP contribution in [0.1, 0.15) is 19.8 Å². The lowest BCUT2D eigenvalue weighted by Crippen LogP contribution is -2.17. The first-order chi connectivity index (χ1) is 5.84. The summed E-state index contributed by atoms with van der Waals surface area (Å²) in [6.45, 7) is 3.33. The van der Waals surface area contributed by atoms with Crippen LogP contribution in [0.2, 0.25) is 0 Å². The molecule has 0 aromatic carbocycles. The monoisotopic (exact) mass is 164 g/mol. The van der Waals surface area contributed by atoms with Crippen molar-refractivity contribution in [3.63, 3.8) is 0 Å². The van der Waals surface area contributed by atoms with Crippen molar-refractivity contribution in [3.05, 3.63) is 24.5 Å². The number of anilines is 1. The van der Waals surface area contributed by atoms with Crippen LogP contribution < -0.4 is 4.90 Å². The van der Waals surface area contributed by atoms with Crippen LogP contribution in [0.4, 0.5) is 5.69 Å². The molecule has 0 aliphatic rings. The van der Waals surface area contributed by atoms with Crippen LogP contribution in [0.15, 0.2) is 24.5 Å². The Hall–Kier alpha value is -1.05. The number of pyridine rings is 1. The first kappa shape index (κ1) is 9.04. The highest BCUT2D eigenvalue weighted by molar-refractivity contribution is 5.43. The Morgan fingerprint density at radius 1 is 1.33 bits per heavy atom. The Balaban J connectivity index is 2.48. The van der Waals surface area contributed by atoms with Crippen LogP contribution in [-0.4, -0.2) is 18.6 Å². The molecule has 0 saturated heterocycles. The summed E-state index contributed by atoms with van der Waals surface area (Å²) in [7, 11) is 2.12. The number of aromatic nitrogens is 1. The van der Waals surface area contributed by atoms with E-state index in [2.05, 4.69) is 23.9 Å². The van der Waals surface area contributed by atoms with Crippen molar-refractivity contribution in [1.82, 2.24) is 4.98 Å². The number of rotatable bonds is 4. The fourth-order valence-electron chi connectivity index (χ4n) is 1.12. The topological polar surface area (TPSA) is 16.1 Å². The van der Waals surface area contributed by atoms with Crippen LogP contribution in [0.25, 0.3) is 0 Å². The van der Waals surface area contributed by atoms with Crippen molar-refractivity contribution < 1.29 is 0 Å². The standard InChI is InChI=1S/C10H16N2/c1-3-4-9-12(2)10-5-7-11-8-6-10/h5-8H,3-4,9H2,1-2H3. The van der Waals surface area contributed by atoms with Crippen molar-refractivity contribution in [3.8, 4) is 0 Å². The van der Waals surface area contributed by atoms with Crippen LogP contribution in [0, 0.1) is 0 Å². The SMILES string of the molecule is CCCCN(C)c1ccncc1. The van der Waals surface area contributed by atoms with E-state index >= 15 is 0 Å². The third-order valence-corrected chi connectivity index (χ3v) is 1.95. The summed E-state index contributed by atoms with van der Waals surface area (Å²) in [5.74, 6) is 0. The van der Waals surface area contributed by atoms with Gasteiger partial charge in [-0.15, -0.1) is 0 Å². The molecule has 0 aliphatic heterocycles. The highest BCUT2D eigenvalue weighted by atomic mass is 15.1. The molecule has 0 bridgehead atoms. The number of hydrogen-bond acceptors (Lipinski definition) is 2. The second-order valence-corrected chi connectivity index (χ2v) is 2.98. The van der Waals surface area contributed by atoms with E-state index in [1.165, 1.54) is 18.5 Å². The largest absolute Gasteiger partial charge is 0.375 e. The molecular weight excluding hydrogens is 148 g/mol. The van der Waals surface area contributed by atoms with Gasteiger partial charge in [0.2, 0.25) is 0 Å². The molecule has 0 aliphatic carbocycles. The molecule has 1 heterocycles. The molecule has 0 unspecified atom stereocenters. The van der Waals surface area contributed by atoms with Crippen molar-refractivity contribution >= 4 is 5.69 Å². The fourth-order valence-corrected chi connectivity index (χ4v) is 1.12. The molecular formula is C10H16N2. The van der Waals surface area contributed by atoms with E-state index in [1.54, 1.807) is 0 Å². The summed E-state index contributed by atoms with van der Waals surface area (Å²) in [6, 6.07) is 4.07. The molecule has 1 aromatic heterocycles. The van der Waals surface area contributed by atoms with E-state index in [4.69, 9.17) is 0 Å². The molecule has 2 nitrogen and oxygen atoms in total. The average molecular weight is 164 g/mol. The maximum atomic E-state index is 3.98. The normalized spacial score (nSPS) is 9.83. The van der Waals surface area contributed by atoms with Gasteiger partial charge in [-0.2, -0.15) is 0 Å². The molecule has 0 radical (unpaired) electrons. The van der Waals surface area contributed by atoms with Crippen LogP contribution >= 0.6 is 0 Å². The molecule has 0 fully saturated rings. The number of hydrogen-bond donors (Lipinski definition) is 0. The van der Waals surface area contributed by atoms with E-state index in [-0.39, 0.29) is 0 Å². The number of unbranched alkanes of at least 4 members (excludes halogenated alkanes) is 1. The zero-order valence-corrected chi connectivity index (χ0v) is 7.83. The van der Waals surface area contributed by atoms with Crippen molar-refractivity contribution in [1.29, 1.82) is 0 Å². The summed E-state index contributed by atoms with van der Waals surface area (Å²) >= 11 is 0.